The third-order valence-corrected chi connectivity index (χ3v) is 2.72. The second-order valence-corrected chi connectivity index (χ2v) is 5.69. The first-order valence-corrected chi connectivity index (χ1v) is 6.72. The number of phenols is 1. The number of aliphatic hydroxyl groups excluding tert-OH is 1. The van der Waals surface area contributed by atoms with Crippen molar-refractivity contribution in [3.05, 3.63) is 23.8 Å². The van der Waals surface area contributed by atoms with Crippen LogP contribution < -0.4 is 10.1 Å². The number of aliphatic hydroxyl groups is 1. The molecule has 1 rings (SSSR count). The number of carbonyl (C=O) groups excluding carboxylic acids is 1. The summed E-state index contributed by atoms with van der Waals surface area (Å²) < 4.78 is 10.3. The number of phenolic OH excluding ortho intramolecular Hbond substituents is 1. The first-order valence-electron chi connectivity index (χ1n) is 6.72. The van der Waals surface area contributed by atoms with Gasteiger partial charge in [-0.25, -0.2) is 4.79 Å². The SMILES string of the molecule is COc1cccc(O)c1C[C@@H](CO)NC(=O)OC(C)(C)C. The van der Waals surface area contributed by atoms with Gasteiger partial charge in [0, 0.05) is 12.0 Å². The van der Waals surface area contributed by atoms with E-state index in [1.165, 1.54) is 13.2 Å². The fraction of sp³-hybridized carbons (Fsp3) is 0.533. The Morgan fingerprint density at radius 1 is 1.38 bits per heavy atom. The number of ether oxygens (including phenoxy) is 2. The molecule has 118 valence electrons. The zero-order valence-corrected chi connectivity index (χ0v) is 12.8. The largest absolute Gasteiger partial charge is 0.508 e. The van der Waals surface area contributed by atoms with E-state index in [2.05, 4.69) is 5.32 Å². The van der Waals surface area contributed by atoms with Crippen molar-refractivity contribution in [2.24, 2.45) is 0 Å². The van der Waals surface area contributed by atoms with Gasteiger partial charge in [-0.3, -0.25) is 0 Å². The smallest absolute Gasteiger partial charge is 0.407 e. The van der Waals surface area contributed by atoms with E-state index in [9.17, 15) is 15.0 Å². The highest BCUT2D eigenvalue weighted by atomic mass is 16.6. The summed E-state index contributed by atoms with van der Waals surface area (Å²) >= 11 is 0. The molecule has 1 aromatic rings. The van der Waals surface area contributed by atoms with Crippen LogP contribution in [-0.2, 0) is 11.2 Å². The van der Waals surface area contributed by atoms with Gasteiger partial charge in [0.2, 0.25) is 0 Å². The lowest BCUT2D eigenvalue weighted by atomic mass is 10.0. The van der Waals surface area contributed by atoms with Gasteiger partial charge in [0.1, 0.15) is 17.1 Å². The van der Waals surface area contributed by atoms with Crippen LogP contribution in [0.3, 0.4) is 0 Å². The van der Waals surface area contributed by atoms with Crippen LogP contribution in [0.4, 0.5) is 4.79 Å². The van der Waals surface area contributed by atoms with Gasteiger partial charge in [0.05, 0.1) is 19.8 Å². The van der Waals surface area contributed by atoms with E-state index in [-0.39, 0.29) is 18.8 Å². The Labute approximate surface area is 124 Å². The van der Waals surface area contributed by atoms with Crippen molar-refractivity contribution in [3.8, 4) is 11.5 Å². The fourth-order valence-corrected chi connectivity index (χ4v) is 1.83. The lowest BCUT2D eigenvalue weighted by molar-refractivity contribution is 0.0482. The molecule has 0 aliphatic carbocycles. The van der Waals surface area contributed by atoms with Gasteiger partial charge in [0.25, 0.3) is 0 Å². The molecule has 1 aromatic carbocycles. The fourth-order valence-electron chi connectivity index (χ4n) is 1.83. The second-order valence-electron chi connectivity index (χ2n) is 5.69. The maximum atomic E-state index is 11.7. The summed E-state index contributed by atoms with van der Waals surface area (Å²) in [5.41, 5.74) is -0.0912. The Kier molecular flexibility index (Phi) is 5.84. The van der Waals surface area contributed by atoms with E-state index in [1.54, 1.807) is 32.9 Å². The number of methoxy groups -OCH3 is 1. The van der Waals surface area contributed by atoms with Crippen LogP contribution in [0.15, 0.2) is 18.2 Å². The molecular formula is C15H23NO5. The molecule has 0 unspecified atom stereocenters. The van der Waals surface area contributed by atoms with Gasteiger partial charge in [-0.05, 0) is 32.9 Å². The van der Waals surface area contributed by atoms with Crippen molar-refractivity contribution in [2.75, 3.05) is 13.7 Å². The van der Waals surface area contributed by atoms with Crippen LogP contribution in [-0.4, -0.2) is 41.7 Å². The molecule has 0 heterocycles. The van der Waals surface area contributed by atoms with Crippen molar-refractivity contribution in [2.45, 2.75) is 38.8 Å². The van der Waals surface area contributed by atoms with Gasteiger partial charge in [-0.1, -0.05) is 6.07 Å². The van der Waals surface area contributed by atoms with Crippen molar-refractivity contribution < 1.29 is 24.5 Å². The van der Waals surface area contributed by atoms with E-state index in [0.29, 0.717) is 11.3 Å². The van der Waals surface area contributed by atoms with Gasteiger partial charge >= 0.3 is 6.09 Å². The highest BCUT2D eigenvalue weighted by molar-refractivity contribution is 5.68. The van der Waals surface area contributed by atoms with Crippen molar-refractivity contribution in [1.82, 2.24) is 5.32 Å². The number of rotatable bonds is 5. The first kappa shape index (κ1) is 17.1. The number of carbonyl (C=O) groups is 1. The first-order chi connectivity index (χ1) is 9.76. The minimum atomic E-state index is -0.615. The highest BCUT2D eigenvalue weighted by Gasteiger charge is 2.21. The van der Waals surface area contributed by atoms with E-state index < -0.39 is 17.7 Å². The molecule has 0 radical (unpaired) electrons. The molecule has 0 saturated carbocycles. The van der Waals surface area contributed by atoms with E-state index in [0.717, 1.165) is 0 Å². The molecule has 0 fully saturated rings. The number of aromatic hydroxyl groups is 1. The van der Waals surface area contributed by atoms with Crippen LogP contribution in [0.1, 0.15) is 26.3 Å². The summed E-state index contributed by atoms with van der Waals surface area (Å²) in [6, 6.07) is 4.31. The Bertz CT molecular complexity index is 481. The number of nitrogens with one attached hydrogen (secondary N) is 1. The number of hydrogen-bond acceptors (Lipinski definition) is 5. The van der Waals surface area contributed by atoms with Gasteiger partial charge in [0.15, 0.2) is 0 Å². The van der Waals surface area contributed by atoms with Crippen LogP contribution in [0.5, 0.6) is 11.5 Å². The highest BCUT2D eigenvalue weighted by Crippen LogP contribution is 2.28. The Morgan fingerprint density at radius 3 is 2.57 bits per heavy atom. The molecule has 21 heavy (non-hydrogen) atoms. The molecule has 3 N–H and O–H groups in total. The lowest BCUT2D eigenvalue weighted by Crippen LogP contribution is -2.42. The molecule has 0 bridgehead atoms. The Balaban J connectivity index is 2.77. The summed E-state index contributed by atoms with van der Waals surface area (Å²) in [5, 5.41) is 21.9. The predicted molar refractivity (Wildman–Crippen MR) is 78.6 cm³/mol. The van der Waals surface area contributed by atoms with Gasteiger partial charge < -0.3 is 25.0 Å². The zero-order valence-electron chi connectivity index (χ0n) is 12.8. The minimum Gasteiger partial charge on any atom is -0.508 e. The average molecular weight is 297 g/mol. The molecule has 0 saturated heterocycles. The average Bonchev–Trinajstić information content (AvgIpc) is 2.37. The second kappa shape index (κ2) is 7.17. The molecule has 6 nitrogen and oxygen atoms in total. The molecule has 0 spiro atoms. The summed E-state index contributed by atoms with van der Waals surface area (Å²) in [6.45, 7) is 4.99. The lowest BCUT2D eigenvalue weighted by Gasteiger charge is -2.23. The van der Waals surface area contributed by atoms with Crippen LogP contribution >= 0.6 is 0 Å². The van der Waals surface area contributed by atoms with Gasteiger partial charge in [-0.2, -0.15) is 0 Å². The third-order valence-electron chi connectivity index (χ3n) is 2.72. The van der Waals surface area contributed by atoms with E-state index in [1.807, 2.05) is 0 Å². The molecule has 0 aromatic heterocycles. The maximum Gasteiger partial charge on any atom is 0.407 e. The standard InChI is InChI=1S/C15H23NO5/c1-15(2,3)21-14(19)16-10(9-17)8-11-12(18)6-5-7-13(11)20-4/h5-7,10,17-18H,8-9H2,1-4H3,(H,16,19)/t10-/m0/s1. The molecule has 6 heteroatoms. The van der Waals surface area contributed by atoms with Crippen molar-refractivity contribution in [1.29, 1.82) is 0 Å². The van der Waals surface area contributed by atoms with E-state index >= 15 is 0 Å². The number of amides is 1. The van der Waals surface area contributed by atoms with Crippen LogP contribution in [0.2, 0.25) is 0 Å². The maximum absolute atomic E-state index is 11.7. The van der Waals surface area contributed by atoms with Crippen molar-refractivity contribution in [3.63, 3.8) is 0 Å². The predicted octanol–water partition coefficient (Wildman–Crippen LogP) is 1.83. The number of hydrogen-bond donors (Lipinski definition) is 3. The third kappa shape index (κ3) is 5.51. The number of benzene rings is 1. The monoisotopic (exact) mass is 297 g/mol. The minimum absolute atomic E-state index is 0.0544. The van der Waals surface area contributed by atoms with Gasteiger partial charge in [-0.15, -0.1) is 0 Å². The Morgan fingerprint density at radius 2 is 2.05 bits per heavy atom. The van der Waals surface area contributed by atoms with Crippen LogP contribution in [0.25, 0.3) is 0 Å². The summed E-state index contributed by atoms with van der Waals surface area (Å²) in [4.78, 5) is 11.7. The molecule has 0 aliphatic heterocycles. The number of alkyl carbamates (subject to hydrolysis) is 1. The summed E-state index contributed by atoms with van der Waals surface area (Å²) in [6.07, 6.45) is -0.387. The molecule has 1 amide bonds. The molecular weight excluding hydrogens is 274 g/mol. The summed E-state index contributed by atoms with van der Waals surface area (Å²) in [7, 11) is 1.49. The summed E-state index contributed by atoms with van der Waals surface area (Å²) in [5.74, 6) is 0.554. The van der Waals surface area contributed by atoms with Crippen molar-refractivity contribution >= 4 is 6.09 Å². The quantitative estimate of drug-likeness (QED) is 0.771. The topological polar surface area (TPSA) is 88.0 Å². The molecule has 1 atom stereocenters. The van der Waals surface area contributed by atoms with E-state index in [4.69, 9.17) is 9.47 Å². The Hall–Kier alpha value is -1.95. The zero-order chi connectivity index (χ0) is 16.0. The molecule has 0 aliphatic rings. The van der Waals surface area contributed by atoms with Crippen LogP contribution in [0, 0.1) is 0 Å². The normalized spacial score (nSPS) is 12.6.